The monoisotopic (exact) mass is 433 g/mol. The Morgan fingerprint density at radius 1 is 1.16 bits per heavy atom. The van der Waals surface area contributed by atoms with E-state index in [1.807, 2.05) is 36.4 Å². The Labute approximate surface area is 187 Å². The van der Waals surface area contributed by atoms with Gasteiger partial charge in [0.15, 0.2) is 0 Å². The molecule has 2 aromatic carbocycles. The van der Waals surface area contributed by atoms with Crippen molar-refractivity contribution in [2.75, 3.05) is 7.05 Å². The molecule has 1 fully saturated rings. The van der Waals surface area contributed by atoms with Gasteiger partial charge in [-0.25, -0.2) is 4.39 Å². The van der Waals surface area contributed by atoms with Gasteiger partial charge in [-0.2, -0.15) is 0 Å². The van der Waals surface area contributed by atoms with E-state index in [9.17, 15) is 14.3 Å². The number of amides is 1. The van der Waals surface area contributed by atoms with Crippen LogP contribution in [-0.4, -0.2) is 40.0 Å². The molecule has 0 bridgehead atoms. The average molecular weight is 434 g/mol. The molecule has 1 aromatic heterocycles. The van der Waals surface area contributed by atoms with Gasteiger partial charge in [-0.3, -0.25) is 9.78 Å². The summed E-state index contributed by atoms with van der Waals surface area (Å²) in [6.07, 6.45) is 5.33. The SMILES string of the molecule is CN(Cc1cccnc1)C(=O)c1ccc(C[C@@H]2CC[C@H]([C@H](O)c3cccc(F)c3)N2)cc1. The lowest BCUT2D eigenvalue weighted by Gasteiger charge is -2.21. The quantitative estimate of drug-likeness (QED) is 0.593. The van der Waals surface area contributed by atoms with Crippen LogP contribution in [0.4, 0.5) is 4.39 Å². The summed E-state index contributed by atoms with van der Waals surface area (Å²) in [7, 11) is 1.79. The second-order valence-corrected chi connectivity index (χ2v) is 8.47. The zero-order valence-corrected chi connectivity index (χ0v) is 18.1. The number of carbonyl (C=O) groups excluding carboxylic acids is 1. The molecule has 1 aliphatic heterocycles. The lowest BCUT2D eigenvalue weighted by atomic mass is 10.0. The molecule has 3 atom stereocenters. The van der Waals surface area contributed by atoms with Gasteiger partial charge in [0.25, 0.3) is 5.91 Å². The minimum absolute atomic E-state index is 0.0299. The van der Waals surface area contributed by atoms with E-state index >= 15 is 0 Å². The van der Waals surface area contributed by atoms with Gasteiger partial charge in [-0.05, 0) is 66.3 Å². The van der Waals surface area contributed by atoms with Crippen LogP contribution in [0.3, 0.4) is 0 Å². The summed E-state index contributed by atoms with van der Waals surface area (Å²) in [4.78, 5) is 18.5. The topological polar surface area (TPSA) is 65.5 Å². The Balaban J connectivity index is 1.31. The average Bonchev–Trinajstić information content (AvgIpc) is 3.27. The molecule has 0 radical (unpaired) electrons. The van der Waals surface area contributed by atoms with E-state index in [2.05, 4.69) is 10.3 Å². The number of benzene rings is 2. The van der Waals surface area contributed by atoms with Crippen molar-refractivity contribution >= 4 is 5.91 Å². The number of carbonyl (C=O) groups is 1. The van der Waals surface area contributed by atoms with E-state index in [1.54, 1.807) is 36.5 Å². The van der Waals surface area contributed by atoms with Gasteiger partial charge in [0.1, 0.15) is 5.82 Å². The van der Waals surface area contributed by atoms with Crippen molar-refractivity contribution in [1.82, 2.24) is 15.2 Å². The zero-order valence-electron chi connectivity index (χ0n) is 18.1. The molecule has 1 saturated heterocycles. The molecule has 2 N–H and O–H groups in total. The summed E-state index contributed by atoms with van der Waals surface area (Å²) in [5.41, 5.74) is 3.37. The van der Waals surface area contributed by atoms with Crippen LogP contribution in [0.2, 0.25) is 0 Å². The van der Waals surface area contributed by atoms with Gasteiger partial charge in [0.05, 0.1) is 6.10 Å². The van der Waals surface area contributed by atoms with Crippen LogP contribution in [0.15, 0.2) is 73.1 Å². The van der Waals surface area contributed by atoms with E-state index in [0.29, 0.717) is 17.7 Å². The normalized spacial score (nSPS) is 19.0. The van der Waals surface area contributed by atoms with Crippen molar-refractivity contribution in [3.63, 3.8) is 0 Å². The Morgan fingerprint density at radius 2 is 1.97 bits per heavy atom. The number of halogens is 1. The molecule has 1 amide bonds. The first-order valence-corrected chi connectivity index (χ1v) is 10.9. The van der Waals surface area contributed by atoms with Crippen LogP contribution in [0, 0.1) is 5.82 Å². The lowest BCUT2D eigenvalue weighted by molar-refractivity contribution is 0.0785. The summed E-state index contributed by atoms with van der Waals surface area (Å²) < 4.78 is 13.5. The molecule has 2 heterocycles. The molecule has 0 saturated carbocycles. The van der Waals surface area contributed by atoms with E-state index in [4.69, 9.17) is 0 Å². The van der Waals surface area contributed by atoms with Crippen LogP contribution in [-0.2, 0) is 13.0 Å². The summed E-state index contributed by atoms with van der Waals surface area (Å²) in [5.74, 6) is -0.366. The minimum Gasteiger partial charge on any atom is -0.387 e. The zero-order chi connectivity index (χ0) is 22.5. The van der Waals surface area contributed by atoms with Crippen molar-refractivity contribution in [1.29, 1.82) is 0 Å². The Bertz CT molecular complexity index is 1040. The van der Waals surface area contributed by atoms with Crippen molar-refractivity contribution in [2.45, 2.75) is 44.0 Å². The molecule has 4 rings (SSSR count). The van der Waals surface area contributed by atoms with Gasteiger partial charge in [0, 0.05) is 43.6 Å². The highest BCUT2D eigenvalue weighted by atomic mass is 19.1. The van der Waals surface area contributed by atoms with E-state index in [-0.39, 0.29) is 23.8 Å². The predicted molar refractivity (Wildman–Crippen MR) is 121 cm³/mol. The van der Waals surface area contributed by atoms with Gasteiger partial charge in [0.2, 0.25) is 0 Å². The third-order valence-corrected chi connectivity index (χ3v) is 6.02. The summed E-state index contributed by atoms with van der Waals surface area (Å²) in [5, 5.41) is 14.1. The fraction of sp³-hybridized carbons (Fsp3) is 0.308. The number of aliphatic hydroxyl groups excluding tert-OH is 1. The van der Waals surface area contributed by atoms with Crippen LogP contribution < -0.4 is 5.32 Å². The summed E-state index contributed by atoms with van der Waals surface area (Å²) >= 11 is 0. The number of pyridine rings is 1. The maximum absolute atomic E-state index is 13.5. The predicted octanol–water partition coefficient (Wildman–Crippen LogP) is 3.89. The number of rotatable bonds is 7. The first kappa shape index (κ1) is 22.1. The second kappa shape index (κ2) is 10.0. The molecule has 166 valence electrons. The second-order valence-electron chi connectivity index (χ2n) is 8.47. The van der Waals surface area contributed by atoms with E-state index in [1.165, 1.54) is 12.1 Å². The highest BCUT2D eigenvalue weighted by Crippen LogP contribution is 2.27. The first-order chi connectivity index (χ1) is 15.5. The standard InChI is InChI=1S/C26H28FN3O2/c1-30(17-19-4-3-13-28-16-19)26(32)20-9-7-18(8-10-20)14-23-11-12-24(29-23)25(31)21-5-2-6-22(27)15-21/h2-10,13,15-16,23-25,29,31H,11-12,14,17H2,1H3/t23-,24+,25+/m0/s1. The Hall–Kier alpha value is -3.09. The maximum atomic E-state index is 13.5. The van der Waals surface area contributed by atoms with E-state index in [0.717, 1.165) is 30.4 Å². The number of nitrogens with one attached hydrogen (secondary N) is 1. The third kappa shape index (κ3) is 5.39. The number of hydrogen-bond acceptors (Lipinski definition) is 4. The van der Waals surface area contributed by atoms with Crippen molar-refractivity contribution < 1.29 is 14.3 Å². The number of aliphatic hydroxyl groups is 1. The smallest absolute Gasteiger partial charge is 0.253 e. The molecule has 32 heavy (non-hydrogen) atoms. The molecule has 0 unspecified atom stereocenters. The molecular formula is C26H28FN3O2. The fourth-order valence-electron chi connectivity index (χ4n) is 4.31. The molecule has 5 nitrogen and oxygen atoms in total. The van der Waals surface area contributed by atoms with Gasteiger partial charge in [-0.1, -0.05) is 30.3 Å². The Kier molecular flexibility index (Phi) is 6.93. The first-order valence-electron chi connectivity index (χ1n) is 10.9. The van der Waals surface area contributed by atoms with E-state index < -0.39 is 6.10 Å². The van der Waals surface area contributed by atoms with Crippen molar-refractivity contribution in [3.05, 3.63) is 101 Å². The van der Waals surface area contributed by atoms with Crippen LogP contribution in [0.1, 0.15) is 46.0 Å². The molecule has 6 heteroatoms. The third-order valence-electron chi connectivity index (χ3n) is 6.02. The Morgan fingerprint density at radius 3 is 2.69 bits per heavy atom. The number of aromatic nitrogens is 1. The number of hydrogen-bond donors (Lipinski definition) is 2. The van der Waals surface area contributed by atoms with Gasteiger partial charge in [-0.15, -0.1) is 0 Å². The summed E-state index contributed by atoms with van der Waals surface area (Å²) in [6.45, 7) is 0.509. The molecule has 0 aliphatic carbocycles. The van der Waals surface area contributed by atoms with Crippen LogP contribution in [0.5, 0.6) is 0 Å². The molecule has 1 aliphatic rings. The fourth-order valence-corrected chi connectivity index (χ4v) is 4.31. The van der Waals surface area contributed by atoms with Gasteiger partial charge < -0.3 is 15.3 Å². The van der Waals surface area contributed by atoms with Gasteiger partial charge >= 0.3 is 0 Å². The highest BCUT2D eigenvalue weighted by molar-refractivity contribution is 5.94. The van der Waals surface area contributed by atoms with Crippen LogP contribution >= 0.6 is 0 Å². The minimum atomic E-state index is -0.731. The number of nitrogens with zero attached hydrogens (tertiary/aromatic N) is 2. The lowest BCUT2D eigenvalue weighted by Crippen LogP contribution is -2.35. The summed E-state index contributed by atoms with van der Waals surface area (Å²) in [6, 6.07) is 17.8. The molecular weight excluding hydrogens is 405 g/mol. The van der Waals surface area contributed by atoms with Crippen LogP contribution in [0.25, 0.3) is 0 Å². The maximum Gasteiger partial charge on any atom is 0.253 e. The highest BCUT2D eigenvalue weighted by Gasteiger charge is 2.30. The van der Waals surface area contributed by atoms with Crippen molar-refractivity contribution in [2.24, 2.45) is 0 Å². The van der Waals surface area contributed by atoms with Crippen molar-refractivity contribution in [3.8, 4) is 0 Å². The molecule has 0 spiro atoms. The molecule has 3 aromatic rings. The largest absolute Gasteiger partial charge is 0.387 e.